The van der Waals surface area contributed by atoms with Gasteiger partial charge in [-0.15, -0.1) is 0 Å². The number of imidazole rings is 1. The molecule has 3 aromatic rings. The van der Waals surface area contributed by atoms with Crippen molar-refractivity contribution >= 4 is 44.3 Å². The molecule has 1 N–H and O–H groups in total. The van der Waals surface area contributed by atoms with Gasteiger partial charge in [0.25, 0.3) is 0 Å². The lowest BCUT2D eigenvalue weighted by Gasteiger charge is -2.16. The smallest absolute Gasteiger partial charge is 0.131 e. The molecule has 1 atom stereocenters. The third-order valence-electron chi connectivity index (χ3n) is 3.53. The van der Waals surface area contributed by atoms with Gasteiger partial charge in [0.15, 0.2) is 0 Å². The number of aryl methyl sites for hydroxylation is 1. The second kappa shape index (κ2) is 5.70. The molecule has 1 aromatic heterocycles. The van der Waals surface area contributed by atoms with Gasteiger partial charge in [0.05, 0.1) is 32.3 Å². The molecule has 0 spiro atoms. The number of nitrogens with one attached hydrogen (secondary N) is 1. The highest BCUT2D eigenvalue weighted by Crippen LogP contribution is 2.32. The van der Waals surface area contributed by atoms with E-state index in [4.69, 9.17) is 16.6 Å². The molecule has 0 amide bonds. The minimum atomic E-state index is 0.0668. The molecular formula is C16H15BrClN3. The maximum absolute atomic E-state index is 6.13. The lowest BCUT2D eigenvalue weighted by Crippen LogP contribution is -2.12. The summed E-state index contributed by atoms with van der Waals surface area (Å²) < 4.78 is 2.99. The van der Waals surface area contributed by atoms with Crippen LogP contribution in [-0.4, -0.2) is 9.55 Å². The Hall–Kier alpha value is -1.52. The zero-order chi connectivity index (χ0) is 15.0. The molecule has 3 rings (SSSR count). The van der Waals surface area contributed by atoms with Gasteiger partial charge < -0.3 is 9.88 Å². The predicted octanol–water partition coefficient (Wildman–Crippen LogP) is 5.16. The first-order chi connectivity index (χ1) is 10.1. The molecule has 5 heteroatoms. The van der Waals surface area contributed by atoms with Crippen LogP contribution in [0.3, 0.4) is 0 Å². The third kappa shape index (κ3) is 2.65. The van der Waals surface area contributed by atoms with Crippen molar-refractivity contribution in [2.75, 3.05) is 5.32 Å². The monoisotopic (exact) mass is 363 g/mol. The SMILES string of the molecule is CC(Nc1cccc(Cl)c1Br)c1nc2ccccc2n1C. The van der Waals surface area contributed by atoms with Crippen LogP contribution in [0.4, 0.5) is 5.69 Å². The van der Waals surface area contributed by atoms with E-state index in [1.54, 1.807) is 0 Å². The highest BCUT2D eigenvalue weighted by atomic mass is 79.9. The van der Waals surface area contributed by atoms with Crippen LogP contribution in [0.25, 0.3) is 11.0 Å². The summed E-state index contributed by atoms with van der Waals surface area (Å²) in [7, 11) is 2.04. The quantitative estimate of drug-likeness (QED) is 0.695. The van der Waals surface area contributed by atoms with E-state index in [9.17, 15) is 0 Å². The van der Waals surface area contributed by atoms with E-state index in [-0.39, 0.29) is 6.04 Å². The highest BCUT2D eigenvalue weighted by molar-refractivity contribution is 9.10. The number of benzene rings is 2. The fourth-order valence-corrected chi connectivity index (χ4v) is 3.02. The van der Waals surface area contributed by atoms with Crippen LogP contribution in [0.5, 0.6) is 0 Å². The molecule has 0 radical (unpaired) electrons. The van der Waals surface area contributed by atoms with Gasteiger partial charge in [-0.05, 0) is 47.1 Å². The number of hydrogen-bond acceptors (Lipinski definition) is 2. The van der Waals surface area contributed by atoms with Crippen LogP contribution in [0.2, 0.25) is 5.02 Å². The molecule has 0 aliphatic heterocycles. The molecule has 0 fully saturated rings. The number of fused-ring (bicyclic) bond motifs is 1. The van der Waals surface area contributed by atoms with E-state index < -0.39 is 0 Å². The molecular weight excluding hydrogens is 350 g/mol. The summed E-state index contributed by atoms with van der Waals surface area (Å²) >= 11 is 9.64. The second-order valence-corrected chi connectivity index (χ2v) is 6.19. The first-order valence-electron chi connectivity index (χ1n) is 6.70. The largest absolute Gasteiger partial charge is 0.374 e. The van der Waals surface area contributed by atoms with E-state index in [1.165, 1.54) is 0 Å². The molecule has 0 bridgehead atoms. The van der Waals surface area contributed by atoms with Crippen molar-refractivity contribution in [2.45, 2.75) is 13.0 Å². The Kier molecular flexibility index (Phi) is 3.91. The zero-order valence-corrected chi connectivity index (χ0v) is 14.1. The number of para-hydroxylation sites is 2. The first kappa shape index (κ1) is 14.4. The van der Waals surface area contributed by atoms with E-state index >= 15 is 0 Å². The number of rotatable bonds is 3. The molecule has 0 aliphatic carbocycles. The van der Waals surface area contributed by atoms with Gasteiger partial charge in [0.2, 0.25) is 0 Å². The zero-order valence-electron chi connectivity index (χ0n) is 11.8. The maximum atomic E-state index is 6.13. The van der Waals surface area contributed by atoms with Gasteiger partial charge >= 0.3 is 0 Å². The molecule has 108 valence electrons. The Morgan fingerprint density at radius 2 is 1.95 bits per heavy atom. The van der Waals surface area contributed by atoms with Crippen LogP contribution < -0.4 is 5.32 Å². The third-order valence-corrected chi connectivity index (χ3v) is 4.93. The van der Waals surface area contributed by atoms with E-state index in [1.807, 2.05) is 43.4 Å². The van der Waals surface area contributed by atoms with Crippen molar-refractivity contribution < 1.29 is 0 Å². The van der Waals surface area contributed by atoms with Crippen LogP contribution in [0, 0.1) is 0 Å². The Labute approximate surface area is 137 Å². The average Bonchev–Trinajstić information content (AvgIpc) is 2.82. The van der Waals surface area contributed by atoms with E-state index in [0.717, 1.165) is 27.0 Å². The fourth-order valence-electron chi connectivity index (χ4n) is 2.46. The lowest BCUT2D eigenvalue weighted by molar-refractivity contribution is 0.733. The minimum absolute atomic E-state index is 0.0668. The summed E-state index contributed by atoms with van der Waals surface area (Å²) in [5.74, 6) is 0.989. The van der Waals surface area contributed by atoms with Crippen molar-refractivity contribution in [1.29, 1.82) is 0 Å². The molecule has 1 heterocycles. The van der Waals surface area contributed by atoms with E-state index in [2.05, 4.69) is 38.8 Å². The summed E-state index contributed by atoms with van der Waals surface area (Å²) in [6, 6.07) is 14.0. The Morgan fingerprint density at radius 3 is 2.71 bits per heavy atom. The summed E-state index contributed by atoms with van der Waals surface area (Å²) in [4.78, 5) is 4.71. The predicted molar refractivity (Wildman–Crippen MR) is 91.9 cm³/mol. The van der Waals surface area contributed by atoms with Crippen molar-refractivity contribution in [2.24, 2.45) is 7.05 Å². The van der Waals surface area contributed by atoms with Gasteiger partial charge in [-0.3, -0.25) is 0 Å². The number of nitrogens with zero attached hydrogens (tertiary/aromatic N) is 2. The van der Waals surface area contributed by atoms with Gasteiger partial charge in [0, 0.05) is 7.05 Å². The van der Waals surface area contributed by atoms with Crippen molar-refractivity contribution in [3.05, 3.63) is 57.8 Å². The Bertz CT molecular complexity index is 797. The number of halogens is 2. The maximum Gasteiger partial charge on any atom is 0.131 e. The van der Waals surface area contributed by atoms with Crippen molar-refractivity contribution in [1.82, 2.24) is 9.55 Å². The molecule has 3 nitrogen and oxygen atoms in total. The van der Waals surface area contributed by atoms with Crippen molar-refractivity contribution in [3.8, 4) is 0 Å². The lowest BCUT2D eigenvalue weighted by atomic mass is 10.2. The first-order valence-corrected chi connectivity index (χ1v) is 7.87. The Balaban J connectivity index is 1.95. The summed E-state index contributed by atoms with van der Waals surface area (Å²) in [6.07, 6.45) is 0. The number of hydrogen-bond donors (Lipinski definition) is 1. The molecule has 1 unspecified atom stereocenters. The average molecular weight is 365 g/mol. The van der Waals surface area contributed by atoms with E-state index in [0.29, 0.717) is 5.02 Å². The number of aromatic nitrogens is 2. The molecule has 21 heavy (non-hydrogen) atoms. The molecule has 0 saturated heterocycles. The Morgan fingerprint density at radius 1 is 1.19 bits per heavy atom. The second-order valence-electron chi connectivity index (χ2n) is 4.99. The minimum Gasteiger partial charge on any atom is -0.374 e. The van der Waals surface area contributed by atoms with Crippen LogP contribution in [-0.2, 0) is 7.05 Å². The van der Waals surface area contributed by atoms with Gasteiger partial charge in [0.1, 0.15) is 5.82 Å². The fraction of sp³-hybridized carbons (Fsp3) is 0.188. The summed E-state index contributed by atoms with van der Waals surface area (Å²) in [6.45, 7) is 2.09. The van der Waals surface area contributed by atoms with Gasteiger partial charge in [-0.2, -0.15) is 0 Å². The summed E-state index contributed by atoms with van der Waals surface area (Å²) in [5, 5.41) is 4.15. The van der Waals surface area contributed by atoms with Gasteiger partial charge in [-0.25, -0.2) is 4.98 Å². The standard InChI is InChI=1S/C16H15BrClN3/c1-10(19-13-8-5-6-11(18)15(13)17)16-20-12-7-3-4-9-14(12)21(16)2/h3-10,19H,1-2H3. The van der Waals surface area contributed by atoms with Crippen LogP contribution in [0.15, 0.2) is 46.9 Å². The topological polar surface area (TPSA) is 29.9 Å². The van der Waals surface area contributed by atoms with Crippen LogP contribution in [0.1, 0.15) is 18.8 Å². The van der Waals surface area contributed by atoms with Crippen molar-refractivity contribution in [3.63, 3.8) is 0 Å². The molecule has 2 aromatic carbocycles. The molecule has 0 aliphatic rings. The van der Waals surface area contributed by atoms with Crippen LogP contribution >= 0.6 is 27.5 Å². The number of anilines is 1. The van der Waals surface area contributed by atoms with Gasteiger partial charge in [-0.1, -0.05) is 29.8 Å². The molecule has 0 saturated carbocycles. The summed E-state index contributed by atoms with van der Waals surface area (Å²) in [5.41, 5.74) is 3.10. The normalized spacial score (nSPS) is 12.6. The highest BCUT2D eigenvalue weighted by Gasteiger charge is 2.15.